The normalized spacial score (nSPS) is 20.4. The van der Waals surface area contributed by atoms with Gasteiger partial charge in [-0.2, -0.15) is 0 Å². The van der Waals surface area contributed by atoms with Crippen LogP contribution in [0.15, 0.2) is 59.5 Å². The molecular weight excluding hydrogens is 693 g/mol. The summed E-state index contributed by atoms with van der Waals surface area (Å²) >= 11 is 6.90. The molecule has 240 valence electrons. The molecule has 3 unspecified atom stereocenters. The number of hydrogen-bond acceptors (Lipinski definition) is 6. The van der Waals surface area contributed by atoms with Crippen LogP contribution in [0.1, 0.15) is 77.2 Å². The predicted molar refractivity (Wildman–Crippen MR) is 173 cm³/mol. The number of halogens is 2. The Balaban J connectivity index is 1.48. The van der Waals surface area contributed by atoms with Crippen LogP contribution in [0.25, 0.3) is 0 Å². The Morgan fingerprint density at radius 3 is 2.37 bits per heavy atom. The van der Waals surface area contributed by atoms with Crippen LogP contribution in [-0.4, -0.2) is 53.3 Å². The van der Waals surface area contributed by atoms with Gasteiger partial charge < -0.3 is 0 Å². The van der Waals surface area contributed by atoms with Crippen LogP contribution in [-0.2, 0) is 11.2 Å². The van der Waals surface area contributed by atoms with Crippen molar-refractivity contribution < 1.29 is 41.3 Å². The summed E-state index contributed by atoms with van der Waals surface area (Å²) in [6.07, 6.45) is 7.05. The van der Waals surface area contributed by atoms with Crippen molar-refractivity contribution in [3.63, 3.8) is 0 Å². The molecule has 0 amide bonds. The summed E-state index contributed by atoms with van der Waals surface area (Å²) < 4.78 is 0.145. The summed E-state index contributed by atoms with van der Waals surface area (Å²) in [7, 11) is 0. The molecule has 2 aliphatic rings. The van der Waals surface area contributed by atoms with E-state index < -0.39 is 39.6 Å². The second-order valence-corrected chi connectivity index (χ2v) is 17.8. The van der Waals surface area contributed by atoms with Crippen LogP contribution in [0, 0.1) is 23.7 Å². The topological polar surface area (TPSA) is 89.8 Å². The molecule has 4 N–H and O–H groups in total. The fourth-order valence-corrected chi connectivity index (χ4v) is 11.0. The number of carbonyl (C=O) groups is 1. The third-order valence-corrected chi connectivity index (χ3v) is 13.6. The third-order valence-electron chi connectivity index (χ3n) is 8.73. The van der Waals surface area contributed by atoms with Crippen molar-refractivity contribution in [1.29, 1.82) is 0 Å². The van der Waals surface area contributed by atoms with Gasteiger partial charge in [0.15, 0.2) is 0 Å². The molecule has 5 nitrogen and oxygen atoms in total. The van der Waals surface area contributed by atoms with Gasteiger partial charge in [-0.3, -0.25) is 0 Å². The average molecular weight is 743 g/mol. The van der Waals surface area contributed by atoms with Gasteiger partial charge in [-0.25, -0.2) is 0 Å². The number of thioether (sulfide) groups is 1. The quantitative estimate of drug-likeness (QED) is 0.0613. The van der Waals surface area contributed by atoms with E-state index in [0.717, 1.165) is 55.4 Å². The first-order valence-corrected chi connectivity index (χ1v) is 19.8. The Hall–Kier alpha value is -0.680. The van der Waals surface area contributed by atoms with Gasteiger partial charge in [0.05, 0.1) is 0 Å². The number of benzene rings is 2. The van der Waals surface area contributed by atoms with Crippen molar-refractivity contribution in [3.05, 3.63) is 65.2 Å². The zero-order valence-electron chi connectivity index (χ0n) is 25.6. The first-order valence-electron chi connectivity index (χ1n) is 16.1. The zero-order valence-corrected chi connectivity index (χ0v) is 29.3. The van der Waals surface area contributed by atoms with Gasteiger partial charge in [0, 0.05) is 0 Å². The van der Waals surface area contributed by atoms with Gasteiger partial charge in [-0.05, 0) is 0 Å². The third kappa shape index (κ3) is 11.9. The van der Waals surface area contributed by atoms with Crippen molar-refractivity contribution in [3.8, 4) is 0 Å². The standard InChI is InChI=1S/C35H50ClINO4S/c1-23(2)18-31(39)33(40)32(26-12-7-4-8-13-26)38-35(42)30(20-25-16-17-25)37-34(41)27(19-24-10-5-3-6-11-24)22-43-29-15-9-14-28(36)21-29/h3,5-6,9-11,14-15,21,23,25-27,30-33,35,38-40,42H,4,7-8,12-13,16-20,22H2,1-2H3/q-1/t27?,30-,31-,32?,33-,35?/m0/s1. The molecule has 2 aliphatic carbocycles. The Kier molecular flexibility index (Phi) is 14.6. The summed E-state index contributed by atoms with van der Waals surface area (Å²) in [5.41, 5.74) is 1.15. The molecule has 0 heterocycles. The Labute approximate surface area is 278 Å². The maximum atomic E-state index is 14.1. The van der Waals surface area contributed by atoms with Gasteiger partial charge in [-0.1, -0.05) is 0 Å². The Morgan fingerprint density at radius 2 is 1.72 bits per heavy atom. The van der Waals surface area contributed by atoms with Crippen LogP contribution in [0.3, 0.4) is 0 Å². The van der Waals surface area contributed by atoms with Crippen LogP contribution in [0.4, 0.5) is 0 Å². The molecule has 0 saturated heterocycles. The summed E-state index contributed by atoms with van der Waals surface area (Å²) in [5.74, 6) is 1.54. The average Bonchev–Trinajstić information content (AvgIpc) is 3.82. The van der Waals surface area contributed by atoms with E-state index in [4.69, 9.17) is 11.6 Å². The summed E-state index contributed by atoms with van der Waals surface area (Å²) in [4.78, 5) is 15.1. The molecule has 0 aliphatic heterocycles. The number of nitrogens with one attached hydrogen (secondary N) is 1. The fraction of sp³-hybridized carbons (Fsp3) is 0.629. The van der Waals surface area contributed by atoms with Crippen LogP contribution >= 0.6 is 23.4 Å². The van der Waals surface area contributed by atoms with E-state index in [9.17, 15) is 20.1 Å². The van der Waals surface area contributed by atoms with Gasteiger partial charge >= 0.3 is 280 Å². The number of aliphatic hydroxyl groups is 3. The summed E-state index contributed by atoms with van der Waals surface area (Å²) in [6.45, 7) is 4.10. The maximum absolute atomic E-state index is 14.1. The van der Waals surface area contributed by atoms with Gasteiger partial charge in [-0.15, -0.1) is 0 Å². The van der Waals surface area contributed by atoms with E-state index in [0.29, 0.717) is 29.5 Å². The van der Waals surface area contributed by atoms with E-state index in [-0.39, 0.29) is 31.5 Å². The molecule has 4 rings (SSSR count). The van der Waals surface area contributed by atoms with Crippen LogP contribution in [0.2, 0.25) is 5.02 Å². The molecule has 0 radical (unpaired) electrons. The number of aliphatic hydroxyl groups excluding tert-OH is 3. The van der Waals surface area contributed by atoms with Crippen molar-refractivity contribution in [2.45, 2.75) is 111 Å². The molecule has 2 aromatic rings. The fourth-order valence-electron chi connectivity index (χ4n) is 6.16. The van der Waals surface area contributed by atoms with E-state index >= 15 is 0 Å². The summed E-state index contributed by atoms with van der Waals surface area (Å²) in [6, 6.07) is 17.6. The van der Waals surface area contributed by atoms with Crippen LogP contribution in [0.5, 0.6) is 0 Å². The second-order valence-electron chi connectivity index (χ2n) is 13.0. The SMILES string of the molecule is CC(C)C[C@H](O)[C@H](O)C(NC(O)[C@H](CC1CC1)[I-]C(=O)C(CSc1cccc(Cl)c1)Cc1ccccc1)C1CCCCC1. The van der Waals surface area contributed by atoms with E-state index in [1.165, 1.54) is 6.42 Å². The van der Waals surface area contributed by atoms with E-state index in [1.54, 1.807) is 11.8 Å². The molecular formula is C35H50ClINO4S-. The second kappa shape index (κ2) is 17.9. The molecule has 0 aromatic heterocycles. The number of carbonyl (C=O) groups excluding carboxylic acids is 1. The van der Waals surface area contributed by atoms with E-state index in [2.05, 4.69) is 17.4 Å². The first-order chi connectivity index (χ1) is 20.7. The molecule has 2 aromatic carbocycles. The zero-order chi connectivity index (χ0) is 30.8. The Morgan fingerprint density at radius 1 is 1.00 bits per heavy atom. The van der Waals surface area contributed by atoms with Gasteiger partial charge in [0.1, 0.15) is 0 Å². The molecule has 43 heavy (non-hydrogen) atoms. The minimum absolute atomic E-state index is 0.131. The molecule has 0 bridgehead atoms. The van der Waals surface area contributed by atoms with Gasteiger partial charge in [0.2, 0.25) is 0 Å². The van der Waals surface area contributed by atoms with Crippen molar-refractivity contribution >= 4 is 27.2 Å². The first kappa shape index (κ1) is 35.2. The van der Waals surface area contributed by atoms with Crippen molar-refractivity contribution in [2.75, 3.05) is 5.75 Å². The predicted octanol–water partition coefficient (Wildman–Crippen LogP) is 3.70. The minimum atomic E-state index is -1.00. The molecule has 8 heteroatoms. The monoisotopic (exact) mass is 742 g/mol. The molecule has 2 saturated carbocycles. The molecule has 2 fully saturated rings. The number of hydrogen-bond donors (Lipinski definition) is 4. The van der Waals surface area contributed by atoms with E-state index in [1.807, 2.05) is 56.3 Å². The summed E-state index contributed by atoms with van der Waals surface area (Å²) in [5, 5.41) is 38.1. The molecule has 6 atom stereocenters. The molecule has 0 spiro atoms. The number of rotatable bonds is 18. The van der Waals surface area contributed by atoms with Crippen LogP contribution < -0.4 is 26.5 Å². The van der Waals surface area contributed by atoms with Crippen molar-refractivity contribution in [2.24, 2.45) is 23.7 Å². The van der Waals surface area contributed by atoms with Crippen molar-refractivity contribution in [1.82, 2.24) is 5.32 Å². The Bertz CT molecular complexity index is 1110. The van der Waals surface area contributed by atoms with Gasteiger partial charge in [0.25, 0.3) is 0 Å². The number of alkyl halides is 1.